The smallest absolute Gasteiger partial charge is 0.194 e. The average molecular weight is 349 g/mol. The molecule has 0 radical (unpaired) electrons. The van der Waals surface area contributed by atoms with Gasteiger partial charge in [0.25, 0.3) is 0 Å². The monoisotopic (exact) mass is 348 g/mol. The molecule has 4 nitrogen and oxygen atoms in total. The fourth-order valence-electron chi connectivity index (χ4n) is 1.40. The van der Waals surface area contributed by atoms with Crippen molar-refractivity contribution in [2.75, 3.05) is 0 Å². The molecule has 1 heterocycles. The Morgan fingerprint density at radius 1 is 1.29 bits per heavy atom. The maximum absolute atomic E-state index is 12.8. The Hall–Kier alpha value is -0.433. The first-order chi connectivity index (χ1) is 9.17. The molecule has 0 saturated heterocycles. The summed E-state index contributed by atoms with van der Waals surface area (Å²) >= 11 is 0. The Bertz CT molecular complexity index is 639. The molecule has 7 heteroatoms. The van der Waals surface area contributed by atoms with Gasteiger partial charge in [0.05, 0.1) is 5.60 Å². The first kappa shape index (κ1) is 18.6. The van der Waals surface area contributed by atoms with Crippen LogP contribution in [0.25, 0.3) is 0 Å². The first-order valence-electron chi connectivity index (χ1n) is 6.84. The third-order valence-electron chi connectivity index (χ3n) is 3.88. The first-order valence-corrected chi connectivity index (χ1v) is 12.1. The molecule has 0 spiro atoms. The van der Waals surface area contributed by atoms with Crippen LogP contribution in [0.2, 0.25) is 18.1 Å². The van der Waals surface area contributed by atoms with Crippen LogP contribution in [0.4, 0.5) is 0 Å². The van der Waals surface area contributed by atoms with Crippen molar-refractivity contribution in [2.24, 2.45) is 4.03 Å². The zero-order valence-corrected chi connectivity index (χ0v) is 16.3. The van der Waals surface area contributed by atoms with Gasteiger partial charge in [-0.25, -0.2) is 9.19 Å². The van der Waals surface area contributed by atoms with E-state index in [0.717, 1.165) is 0 Å². The van der Waals surface area contributed by atoms with Crippen LogP contribution in [0.3, 0.4) is 0 Å². The Morgan fingerprint density at radius 3 is 2.24 bits per heavy atom. The van der Waals surface area contributed by atoms with Crippen molar-refractivity contribution in [1.29, 1.82) is 0 Å². The van der Waals surface area contributed by atoms with Gasteiger partial charge in [0.1, 0.15) is 5.03 Å². The van der Waals surface area contributed by atoms with E-state index < -0.39 is 22.8 Å². The van der Waals surface area contributed by atoms with Gasteiger partial charge in [-0.1, -0.05) is 20.8 Å². The van der Waals surface area contributed by atoms with Crippen LogP contribution in [0.1, 0.15) is 40.2 Å². The van der Waals surface area contributed by atoms with Crippen LogP contribution in [-0.2, 0) is 14.5 Å². The summed E-state index contributed by atoms with van der Waals surface area (Å²) in [5.41, 5.74) is -0.424. The van der Waals surface area contributed by atoms with Crippen molar-refractivity contribution in [3.8, 4) is 0 Å². The van der Waals surface area contributed by atoms with E-state index in [1.165, 1.54) is 6.20 Å². The predicted molar refractivity (Wildman–Crippen MR) is 91.4 cm³/mol. The lowest BCUT2D eigenvalue weighted by Crippen LogP contribution is -2.36. The summed E-state index contributed by atoms with van der Waals surface area (Å²) < 4.78 is 17.3. The minimum absolute atomic E-state index is 0.0571. The maximum Gasteiger partial charge on any atom is 0.194 e. The summed E-state index contributed by atoms with van der Waals surface area (Å²) in [6.45, 7) is 13.6. The quantitative estimate of drug-likeness (QED) is 0.654. The zero-order valence-electron chi connectivity index (χ0n) is 13.8. The van der Waals surface area contributed by atoms with Crippen LogP contribution in [0.5, 0.6) is 0 Å². The van der Waals surface area contributed by atoms with Gasteiger partial charge in [-0.05, 0) is 49.7 Å². The van der Waals surface area contributed by atoms with E-state index in [2.05, 4.69) is 29.8 Å². The van der Waals surface area contributed by atoms with E-state index in [1.807, 2.05) is 13.1 Å². The summed E-state index contributed by atoms with van der Waals surface area (Å²) in [6.07, 6.45) is 1.51. The third kappa shape index (κ3) is 4.52. The van der Waals surface area contributed by atoms with Crippen molar-refractivity contribution in [3.05, 3.63) is 23.9 Å². The highest BCUT2D eigenvalue weighted by atomic mass is 35.7. The minimum atomic E-state index is -3.10. The molecule has 1 aromatic rings. The number of halogens is 1. The molecule has 1 atom stereocenters. The number of nitrogens with zero attached hydrogens (tertiary/aromatic N) is 2. The molecule has 1 rings (SSSR count). The lowest BCUT2D eigenvalue weighted by atomic mass is 10.0. The molecule has 0 aromatic carbocycles. The van der Waals surface area contributed by atoms with E-state index in [-0.39, 0.29) is 10.1 Å². The fourth-order valence-corrected chi connectivity index (χ4v) is 7.49. The number of rotatable bonds is 3. The van der Waals surface area contributed by atoms with Crippen LogP contribution >= 0.6 is 10.7 Å². The molecule has 0 amide bonds. The molecule has 0 aliphatic carbocycles. The van der Waals surface area contributed by atoms with Gasteiger partial charge in [-0.15, -0.1) is 0 Å². The Morgan fingerprint density at radius 2 is 1.81 bits per heavy atom. The zero-order chi connectivity index (χ0) is 16.7. The fraction of sp³-hybridized carbons (Fsp3) is 0.643. The van der Waals surface area contributed by atoms with E-state index in [1.54, 1.807) is 26.0 Å². The van der Waals surface area contributed by atoms with Gasteiger partial charge in [0, 0.05) is 16.9 Å². The molecule has 1 unspecified atom stereocenters. The van der Waals surface area contributed by atoms with Crippen molar-refractivity contribution < 1.29 is 9.32 Å². The number of pyridine rings is 1. The number of hydrogen-bond acceptors (Lipinski definition) is 4. The Labute approximate surface area is 133 Å². The molecule has 0 aliphatic heterocycles. The molecule has 0 bridgehead atoms. The molecule has 0 saturated carbocycles. The topological polar surface area (TPSA) is 62.6 Å². The molecule has 0 fully saturated rings. The lowest BCUT2D eigenvalue weighted by Gasteiger charge is -2.32. The average Bonchev–Trinajstić information content (AvgIpc) is 2.25. The summed E-state index contributed by atoms with van der Waals surface area (Å²) in [5, 5.41) is 10.2. The van der Waals surface area contributed by atoms with Crippen LogP contribution in [0.15, 0.2) is 27.4 Å². The number of hydrogen-bond donors (Lipinski definition) is 1. The van der Waals surface area contributed by atoms with Gasteiger partial charge in [0.2, 0.25) is 0 Å². The van der Waals surface area contributed by atoms with Gasteiger partial charge >= 0.3 is 0 Å². The van der Waals surface area contributed by atoms with Crippen LogP contribution < -0.4 is 0 Å². The second-order valence-corrected chi connectivity index (χ2v) is 15.2. The van der Waals surface area contributed by atoms with Crippen molar-refractivity contribution in [3.63, 3.8) is 0 Å². The third-order valence-corrected chi connectivity index (χ3v) is 12.2. The second kappa shape index (κ2) is 5.65. The number of aromatic nitrogens is 1. The van der Waals surface area contributed by atoms with Gasteiger partial charge in [-0.2, -0.15) is 0 Å². The molecule has 1 aromatic heterocycles. The summed E-state index contributed by atoms with van der Waals surface area (Å²) in [5.74, 6) is 0. The normalized spacial score (nSPS) is 16.4. The molecule has 120 valence electrons. The standard InChI is InChI=1S/C14H25ClN2O2SSi/c1-13(2,3)21(6,7)17-20(15,19)12-10-11(8-9-16-12)14(4,5)18/h8-10,18H,1-7H3. The molecule has 1 N–H and O–H groups in total. The van der Waals surface area contributed by atoms with Crippen LogP contribution in [0, 0.1) is 0 Å². The summed E-state index contributed by atoms with van der Waals surface area (Å²) in [6, 6.07) is 3.26. The van der Waals surface area contributed by atoms with Gasteiger partial charge in [0.15, 0.2) is 17.2 Å². The van der Waals surface area contributed by atoms with Crippen molar-refractivity contribution in [1.82, 2.24) is 4.98 Å². The van der Waals surface area contributed by atoms with Crippen LogP contribution in [-0.4, -0.2) is 22.5 Å². The van der Waals surface area contributed by atoms with E-state index in [9.17, 15) is 9.32 Å². The second-order valence-electron chi connectivity index (χ2n) is 7.30. The highest BCUT2D eigenvalue weighted by Crippen LogP contribution is 2.39. The molecular formula is C14H25ClN2O2SSi. The van der Waals surface area contributed by atoms with Crippen molar-refractivity contribution >= 4 is 27.9 Å². The maximum atomic E-state index is 12.8. The number of aliphatic hydroxyl groups is 1. The summed E-state index contributed by atoms with van der Waals surface area (Å²) in [7, 11) is 0.957. The van der Waals surface area contributed by atoms with Crippen molar-refractivity contribution in [2.45, 2.75) is 63.4 Å². The van der Waals surface area contributed by atoms with E-state index >= 15 is 0 Å². The highest BCUT2D eigenvalue weighted by molar-refractivity contribution is 8.16. The summed E-state index contributed by atoms with van der Waals surface area (Å²) in [4.78, 5) is 4.10. The minimum Gasteiger partial charge on any atom is -0.386 e. The Balaban J connectivity index is 3.42. The van der Waals surface area contributed by atoms with Gasteiger partial charge in [-0.3, -0.25) is 4.03 Å². The largest absolute Gasteiger partial charge is 0.386 e. The predicted octanol–water partition coefficient (Wildman–Crippen LogP) is 4.29. The molecule has 21 heavy (non-hydrogen) atoms. The lowest BCUT2D eigenvalue weighted by molar-refractivity contribution is 0.0782. The SMILES string of the molecule is CC(C)(O)c1ccnc(S(=O)(Cl)=N[Si](C)(C)C(C)(C)C)c1. The van der Waals surface area contributed by atoms with E-state index in [4.69, 9.17) is 10.7 Å². The molecule has 0 aliphatic rings. The van der Waals surface area contributed by atoms with Gasteiger partial charge < -0.3 is 5.11 Å². The molecular weight excluding hydrogens is 324 g/mol. The Kier molecular flexibility index (Phi) is 5.00. The van der Waals surface area contributed by atoms with E-state index in [0.29, 0.717) is 5.56 Å². The highest BCUT2D eigenvalue weighted by Gasteiger charge is 2.38.